The van der Waals surface area contributed by atoms with E-state index in [-0.39, 0.29) is 17.6 Å². The lowest BCUT2D eigenvalue weighted by Gasteiger charge is -2.33. The highest BCUT2D eigenvalue weighted by Gasteiger charge is 2.32. The van der Waals surface area contributed by atoms with Gasteiger partial charge >= 0.3 is 0 Å². The molecule has 1 amide bonds. The number of fused-ring (bicyclic) bond motifs is 1. The molecule has 1 aromatic heterocycles. The lowest BCUT2D eigenvalue weighted by atomic mass is 10.1. The zero-order valence-electron chi connectivity index (χ0n) is 16.1. The minimum Gasteiger partial charge on any atom is -0.327 e. The molecule has 1 aromatic carbocycles. The van der Waals surface area contributed by atoms with Crippen LogP contribution in [0.3, 0.4) is 0 Å². The van der Waals surface area contributed by atoms with Crippen LogP contribution in [0.1, 0.15) is 54.4 Å². The van der Waals surface area contributed by atoms with Crippen LogP contribution in [0.15, 0.2) is 41.5 Å². The van der Waals surface area contributed by atoms with E-state index in [0.29, 0.717) is 36.0 Å². The molecule has 0 saturated heterocycles. The number of amides is 1. The first-order chi connectivity index (χ1) is 12.8. The van der Waals surface area contributed by atoms with Gasteiger partial charge in [0.2, 0.25) is 0 Å². The smallest absolute Gasteiger partial charge is 0.254 e. The third-order valence-corrected chi connectivity index (χ3v) is 4.84. The van der Waals surface area contributed by atoms with Crippen LogP contribution in [-0.4, -0.2) is 44.0 Å². The number of carbonyl (C=O) groups is 1. The topological polar surface area (TPSA) is 63.4 Å². The average Bonchev–Trinajstić information content (AvgIpc) is 3.07. The number of aliphatic imine (C=N–C) groups is 1. The molecule has 6 nitrogen and oxygen atoms in total. The van der Waals surface area contributed by atoms with Gasteiger partial charge in [-0.2, -0.15) is 0 Å². The van der Waals surface area contributed by atoms with Gasteiger partial charge in [-0.15, -0.1) is 10.2 Å². The van der Waals surface area contributed by atoms with Gasteiger partial charge in [0.1, 0.15) is 6.17 Å². The fourth-order valence-electron chi connectivity index (χ4n) is 3.15. The van der Waals surface area contributed by atoms with E-state index in [0.717, 1.165) is 5.56 Å². The number of benzene rings is 1. The van der Waals surface area contributed by atoms with Gasteiger partial charge in [-0.1, -0.05) is 24.3 Å². The van der Waals surface area contributed by atoms with Crippen molar-refractivity contribution in [3.63, 3.8) is 0 Å². The van der Waals surface area contributed by atoms with Crippen molar-refractivity contribution in [2.45, 2.75) is 46.5 Å². The van der Waals surface area contributed by atoms with Crippen molar-refractivity contribution in [3.05, 3.63) is 59.3 Å². The maximum atomic E-state index is 13.3. The summed E-state index contributed by atoms with van der Waals surface area (Å²) in [6.45, 7) is 11.8. The number of hydrogen-bond acceptors (Lipinski definition) is 4. The van der Waals surface area contributed by atoms with Gasteiger partial charge in [0.15, 0.2) is 11.6 Å². The SMILES string of the molecule is C=C(/N=C(\C)c1nnc2n1CCN(C(=O)c1ccc(C)cc1)[C@@H]2C)C(C)F. The third kappa shape index (κ3) is 3.67. The van der Waals surface area contributed by atoms with Gasteiger partial charge in [-0.05, 0) is 39.8 Å². The molecule has 2 heterocycles. The monoisotopic (exact) mass is 369 g/mol. The Hall–Kier alpha value is -2.83. The van der Waals surface area contributed by atoms with Gasteiger partial charge < -0.3 is 9.47 Å². The molecule has 0 fully saturated rings. The Morgan fingerprint density at radius 1 is 1.30 bits per heavy atom. The summed E-state index contributed by atoms with van der Waals surface area (Å²) in [5, 5.41) is 8.49. The van der Waals surface area contributed by atoms with Crippen molar-refractivity contribution < 1.29 is 9.18 Å². The second-order valence-electron chi connectivity index (χ2n) is 6.88. The van der Waals surface area contributed by atoms with Crippen molar-refractivity contribution in [2.75, 3.05) is 6.54 Å². The molecule has 0 saturated carbocycles. The summed E-state index contributed by atoms with van der Waals surface area (Å²) in [7, 11) is 0. The van der Waals surface area contributed by atoms with E-state index in [2.05, 4.69) is 21.8 Å². The van der Waals surface area contributed by atoms with Crippen LogP contribution in [0.4, 0.5) is 4.39 Å². The molecule has 0 radical (unpaired) electrons. The second kappa shape index (κ2) is 7.42. The molecule has 1 unspecified atom stereocenters. The Balaban J connectivity index is 1.86. The standard InChI is InChI=1S/C20H24FN5O/c1-12-6-8-17(9-7-12)20(27)25-10-11-26-18(23-24-19(26)16(25)5)15(4)22-14(3)13(2)21/h6-9,13,16H,3,10-11H2,1-2,4-5H3/b22-15+/t13?,16-/m1/s1. The Morgan fingerprint density at radius 3 is 2.59 bits per heavy atom. The minimum atomic E-state index is -1.22. The summed E-state index contributed by atoms with van der Waals surface area (Å²) in [4.78, 5) is 18.9. The Kier molecular flexibility index (Phi) is 5.21. The molecule has 0 aliphatic carbocycles. The molecular weight excluding hydrogens is 345 g/mol. The first-order valence-electron chi connectivity index (χ1n) is 8.99. The van der Waals surface area contributed by atoms with E-state index in [1.807, 2.05) is 42.7 Å². The zero-order chi connectivity index (χ0) is 19.7. The number of carbonyl (C=O) groups excluding carboxylic acids is 1. The van der Waals surface area contributed by atoms with Crippen molar-refractivity contribution in [2.24, 2.45) is 4.99 Å². The first-order valence-corrected chi connectivity index (χ1v) is 8.99. The summed E-state index contributed by atoms with van der Waals surface area (Å²) in [6.07, 6.45) is -1.22. The molecule has 27 heavy (non-hydrogen) atoms. The number of aryl methyl sites for hydroxylation is 1. The quantitative estimate of drug-likeness (QED) is 0.775. The number of nitrogens with zero attached hydrogens (tertiary/aromatic N) is 5. The van der Waals surface area contributed by atoms with Crippen LogP contribution < -0.4 is 0 Å². The van der Waals surface area contributed by atoms with E-state index in [1.165, 1.54) is 6.92 Å². The highest BCUT2D eigenvalue weighted by molar-refractivity contribution is 5.96. The van der Waals surface area contributed by atoms with Crippen LogP contribution >= 0.6 is 0 Å². The van der Waals surface area contributed by atoms with Gasteiger partial charge in [-0.25, -0.2) is 4.39 Å². The van der Waals surface area contributed by atoms with Crippen molar-refractivity contribution in [1.82, 2.24) is 19.7 Å². The number of allylic oxidation sites excluding steroid dienone is 1. The maximum absolute atomic E-state index is 13.3. The highest BCUT2D eigenvalue weighted by atomic mass is 19.1. The third-order valence-electron chi connectivity index (χ3n) is 4.84. The maximum Gasteiger partial charge on any atom is 0.254 e. The van der Waals surface area contributed by atoms with Gasteiger partial charge in [0.25, 0.3) is 5.91 Å². The average molecular weight is 369 g/mol. The summed E-state index contributed by atoms with van der Waals surface area (Å²) in [5.41, 5.74) is 2.49. The number of aromatic nitrogens is 3. The molecule has 0 N–H and O–H groups in total. The predicted octanol–water partition coefficient (Wildman–Crippen LogP) is 3.48. The molecule has 1 aliphatic rings. The lowest BCUT2D eigenvalue weighted by molar-refractivity contribution is 0.0637. The number of hydrogen-bond donors (Lipinski definition) is 0. The molecule has 2 aromatic rings. The number of alkyl halides is 1. The normalized spacial score (nSPS) is 18.2. The van der Waals surface area contributed by atoms with Gasteiger partial charge in [0.05, 0.1) is 17.5 Å². The molecule has 0 spiro atoms. The zero-order valence-corrected chi connectivity index (χ0v) is 16.1. The van der Waals surface area contributed by atoms with Gasteiger partial charge in [0, 0.05) is 18.7 Å². The van der Waals surface area contributed by atoms with E-state index >= 15 is 0 Å². The Morgan fingerprint density at radius 2 is 1.96 bits per heavy atom. The van der Waals surface area contributed by atoms with Crippen LogP contribution in [0, 0.1) is 6.92 Å². The summed E-state index contributed by atoms with van der Waals surface area (Å²) in [5.74, 6) is 1.26. The highest BCUT2D eigenvalue weighted by Crippen LogP contribution is 2.26. The van der Waals surface area contributed by atoms with Crippen LogP contribution in [0.5, 0.6) is 0 Å². The molecule has 142 valence electrons. The summed E-state index contributed by atoms with van der Waals surface area (Å²) in [6, 6.07) is 7.33. The molecule has 1 aliphatic heterocycles. The molecule has 3 rings (SSSR count). The van der Waals surface area contributed by atoms with Crippen molar-refractivity contribution in [3.8, 4) is 0 Å². The van der Waals surface area contributed by atoms with E-state index in [9.17, 15) is 9.18 Å². The Labute approximate surface area is 158 Å². The van der Waals surface area contributed by atoms with Crippen molar-refractivity contribution >= 4 is 11.6 Å². The molecule has 0 bridgehead atoms. The fourth-order valence-corrected chi connectivity index (χ4v) is 3.15. The van der Waals surface area contributed by atoms with Crippen molar-refractivity contribution in [1.29, 1.82) is 0 Å². The first kappa shape index (κ1) is 18.9. The Bertz CT molecular complexity index is 898. The number of rotatable bonds is 4. The molecular formula is C20H24FN5O. The van der Waals surface area contributed by atoms with Crippen LogP contribution in [0.2, 0.25) is 0 Å². The second-order valence-corrected chi connectivity index (χ2v) is 6.88. The lowest BCUT2D eigenvalue weighted by Crippen LogP contribution is -2.41. The van der Waals surface area contributed by atoms with Crippen LogP contribution in [0.25, 0.3) is 0 Å². The van der Waals surface area contributed by atoms with Gasteiger partial charge in [-0.3, -0.25) is 9.79 Å². The largest absolute Gasteiger partial charge is 0.327 e. The fraction of sp³-hybridized carbons (Fsp3) is 0.400. The van der Waals surface area contributed by atoms with E-state index in [1.54, 1.807) is 11.8 Å². The van der Waals surface area contributed by atoms with Crippen LogP contribution in [-0.2, 0) is 6.54 Å². The van der Waals surface area contributed by atoms with E-state index < -0.39 is 6.17 Å². The molecule has 2 atom stereocenters. The minimum absolute atomic E-state index is 0.0247. The summed E-state index contributed by atoms with van der Waals surface area (Å²) < 4.78 is 15.3. The predicted molar refractivity (Wildman–Crippen MR) is 103 cm³/mol. The summed E-state index contributed by atoms with van der Waals surface area (Å²) >= 11 is 0. The van der Waals surface area contributed by atoms with E-state index in [4.69, 9.17) is 0 Å². The number of halogens is 1. The molecule has 7 heteroatoms.